The minimum Gasteiger partial charge on any atom is -0.370 e. The summed E-state index contributed by atoms with van der Waals surface area (Å²) in [6.07, 6.45) is 14.4. The van der Waals surface area contributed by atoms with Crippen LogP contribution in [0.25, 0.3) is 0 Å². The maximum absolute atomic E-state index is 12.3. The van der Waals surface area contributed by atoms with E-state index in [0.29, 0.717) is 61.6 Å². The molecule has 1 aliphatic rings. The summed E-state index contributed by atoms with van der Waals surface area (Å²) >= 11 is 0. The SMILES string of the molecule is C.C.C.C.C.C.C.C.CN=C(NC)NCCC[C@H](NC)C(C)=O.CN[C@@H](CC1(C)N=N1)C(C)=O.CN[C@@H](CCCC(C)C)C(C)=O.CN[C@@H](CCCCN=C(N)N)C(C)=O.CN[C@@H](CCCCNC(C)C)C(C)=O.CN[C@@H](CCCNC(N)=O)C(C)=O.CN[C@@H](Cc1ccc(C(=O)c2ccccc2)cc1)C(C)=O.CN[C@@H](Cc1ccc(N=C(N)N)cc1)C(C)=O. The summed E-state index contributed by atoms with van der Waals surface area (Å²) < 4.78 is 0. The molecule has 125 heavy (non-hydrogen) atoms. The van der Waals surface area contributed by atoms with Crippen LogP contribution >= 0.6 is 0 Å². The number of benzene rings is 3. The van der Waals surface area contributed by atoms with Crippen molar-refractivity contribution in [2.45, 2.75) is 312 Å². The monoisotopic (exact) mass is 1770 g/mol. The van der Waals surface area contributed by atoms with Crippen molar-refractivity contribution in [3.63, 3.8) is 0 Å². The summed E-state index contributed by atoms with van der Waals surface area (Å²) in [6.45, 7) is 26.4. The third kappa shape index (κ3) is 78.2. The molecule has 0 unspecified atom stereocenters. The predicted octanol–water partition coefficient (Wildman–Crippen LogP) is 11.1. The Balaban J connectivity index is -0.000000117. The minimum absolute atomic E-state index is 0. The molecule has 22 N–H and O–H groups in total. The van der Waals surface area contributed by atoms with Crippen molar-refractivity contribution < 1.29 is 47.9 Å². The van der Waals surface area contributed by atoms with E-state index >= 15 is 0 Å². The second-order valence-electron chi connectivity index (χ2n) is 29.3. The molecule has 32 nitrogen and oxygen atoms in total. The number of urea groups is 1. The molecule has 0 saturated heterocycles. The van der Waals surface area contributed by atoms with E-state index in [1.807, 2.05) is 114 Å². The number of carbonyl (C=O) groups excluding carboxylic acids is 10. The molecule has 32 heteroatoms. The van der Waals surface area contributed by atoms with E-state index in [2.05, 4.69) is 117 Å². The Morgan fingerprint density at radius 1 is 0.384 bits per heavy atom. The highest BCUT2D eigenvalue weighted by Gasteiger charge is 2.37. The number of hydrogen-bond donors (Lipinski definition) is 17. The van der Waals surface area contributed by atoms with Gasteiger partial charge in [-0.1, -0.05) is 173 Å². The molecule has 0 bridgehead atoms. The number of guanidine groups is 3. The van der Waals surface area contributed by atoms with Crippen LogP contribution < -0.4 is 92.5 Å². The summed E-state index contributed by atoms with van der Waals surface area (Å²) in [5.41, 5.74) is 29.6. The van der Waals surface area contributed by atoms with Gasteiger partial charge in [-0.2, -0.15) is 10.2 Å². The Labute approximate surface area is 759 Å². The molecule has 0 radical (unpaired) electrons. The van der Waals surface area contributed by atoms with E-state index in [9.17, 15) is 47.9 Å². The van der Waals surface area contributed by atoms with Gasteiger partial charge in [0.15, 0.2) is 29.3 Å². The van der Waals surface area contributed by atoms with Gasteiger partial charge in [-0.05, 0) is 231 Å². The van der Waals surface area contributed by atoms with Crippen LogP contribution in [-0.2, 0) is 51.2 Å². The molecule has 0 aliphatic carbocycles. The molecule has 2 amide bonds. The molecule has 0 fully saturated rings. The van der Waals surface area contributed by atoms with Crippen LogP contribution in [0.3, 0.4) is 0 Å². The number of hydrogen-bond acceptors (Lipinski definition) is 24. The molecular formula is C93H186N22O10. The number of carbonyl (C=O) groups is 10. The summed E-state index contributed by atoms with van der Waals surface area (Å²) in [5, 5.41) is 43.4. The van der Waals surface area contributed by atoms with Crippen LogP contribution in [0.4, 0.5) is 10.5 Å². The first kappa shape index (κ1) is 142. The fourth-order valence-electron chi connectivity index (χ4n) is 11.1. The number of aliphatic imine (C=N–C) groups is 3. The number of nitrogens with two attached hydrogens (primary N) is 5. The molecule has 8 atom stereocenters. The van der Waals surface area contributed by atoms with E-state index in [0.717, 1.165) is 107 Å². The Morgan fingerprint density at radius 3 is 1.02 bits per heavy atom. The van der Waals surface area contributed by atoms with Crippen molar-refractivity contribution in [3.05, 3.63) is 101 Å². The van der Waals surface area contributed by atoms with Crippen LogP contribution in [0.1, 0.15) is 266 Å². The number of Topliss-reactive ketones (excluding diaryl/α,β-unsaturated/α-hetero) is 8. The summed E-state index contributed by atoms with van der Waals surface area (Å²) in [4.78, 5) is 123. The first-order chi connectivity index (χ1) is 55.2. The number of nitrogens with zero attached hydrogens (tertiary/aromatic N) is 5. The highest BCUT2D eigenvalue weighted by atomic mass is 16.2. The number of ketones is 9. The number of unbranched alkanes of at least 4 members (excludes halogenated alkanes) is 2. The summed E-state index contributed by atoms with van der Waals surface area (Å²) in [6, 6.07) is 23.7. The normalized spacial score (nSPS) is 12.5. The molecule has 728 valence electrons. The van der Waals surface area contributed by atoms with Gasteiger partial charge in [-0.15, -0.1) is 0 Å². The third-order valence-corrected chi connectivity index (χ3v) is 18.4. The highest BCUT2D eigenvalue weighted by molar-refractivity contribution is 6.09. The second kappa shape index (κ2) is 87.1. The average Bonchev–Trinajstić information content (AvgIpc) is 1.69. The van der Waals surface area contributed by atoms with Gasteiger partial charge in [0.05, 0.1) is 54.0 Å². The maximum atomic E-state index is 12.3. The van der Waals surface area contributed by atoms with E-state index in [1.54, 1.807) is 97.7 Å². The van der Waals surface area contributed by atoms with Crippen LogP contribution in [-0.4, -0.2) is 233 Å². The zero-order valence-electron chi connectivity index (χ0n) is 75.1. The number of likely N-dealkylation sites (N-methyl/N-ethyl adjacent to an activating group) is 8. The van der Waals surface area contributed by atoms with Gasteiger partial charge in [-0.3, -0.25) is 53.1 Å². The Bertz CT molecular complexity index is 3360. The van der Waals surface area contributed by atoms with Crippen molar-refractivity contribution in [2.24, 2.45) is 59.8 Å². The van der Waals surface area contributed by atoms with E-state index in [-0.39, 0.29) is 177 Å². The number of primary amides is 1. The van der Waals surface area contributed by atoms with Gasteiger partial charge < -0.3 is 92.5 Å². The quantitative estimate of drug-likeness (QED) is 0.0108. The lowest BCUT2D eigenvalue weighted by molar-refractivity contribution is -0.119. The van der Waals surface area contributed by atoms with Gasteiger partial charge in [0, 0.05) is 57.3 Å². The zero-order valence-corrected chi connectivity index (χ0v) is 75.1. The fraction of sp³-hybridized carbons (Fsp3) is 0.667. The Hall–Kier alpha value is -8.99. The van der Waals surface area contributed by atoms with E-state index in [4.69, 9.17) is 28.7 Å². The fourth-order valence-corrected chi connectivity index (χ4v) is 11.1. The average molecular weight is 1770 g/mol. The predicted molar refractivity (Wildman–Crippen MR) is 532 cm³/mol. The molecule has 3 aromatic carbocycles. The lowest BCUT2D eigenvalue weighted by Gasteiger charge is -2.13. The standard InChI is InChI=1S/C18H19NO2.C12H18N4O.C11H24N2O.C10H22N4O.C10H21NO.C9H20N4O.C8H17N3O2.C7H13N3O.8CH4/c1-13(20)17(19-2)12-14-8-10-16(11-9-14)18(21)15-6-4-3-5-7-15;1-8(17)11(15-2)7-9-3-5-10(6-4-9)16-12(13)14;1-9(2)13-8-6-5-7-11(12-4)10(3)14;1-8(15)9(11-2)6-5-7-14-10(12-3)13-4;1-8(2)6-5-7-10(11-4)9(3)12;1-7(14)8(12-2)5-3-4-6-13-9(10)11;1-6(12)7(10-2)4-3-5-11-8(9)13;1-5(11)6(8-3)4-7(2)9-10-7;;;;;;;;/h3-11,17,19H,12H2,1-2H3;3-6,11,15H,7H2,1-2H3,(H4,13,14,16);9,11-13H,5-8H2,1-4H3;9,11H,5-7H2,1-4H3,(H2,12,13,14);8,10-11H,5-7H2,1-4H3;8,12H,3-6H2,1-2H3,(H4,10,11,13);7,10H,3-5H2,1-2H3,(H3,9,11,13);6,8H,4H2,1-3H3;8*1H4/t17-;2*11-;9-;10-;8-;7-;6-;;;;;;;;/m00000000......../s1. The van der Waals surface area contributed by atoms with Crippen LogP contribution in [0.2, 0.25) is 0 Å². The van der Waals surface area contributed by atoms with E-state index < -0.39 is 6.03 Å². The molecule has 3 aromatic rings. The molecular weight excluding hydrogens is 1590 g/mol. The lowest BCUT2D eigenvalue weighted by atomic mass is 9.99. The van der Waals surface area contributed by atoms with Crippen molar-refractivity contribution in [3.8, 4) is 0 Å². The van der Waals surface area contributed by atoms with Gasteiger partial charge in [0.25, 0.3) is 0 Å². The minimum atomic E-state index is -0.524. The summed E-state index contributed by atoms with van der Waals surface area (Å²) in [5.74, 6) is 3.05. The van der Waals surface area contributed by atoms with Crippen molar-refractivity contribution in [2.75, 3.05) is 96.7 Å². The Morgan fingerprint density at radius 2 is 0.720 bits per heavy atom. The van der Waals surface area contributed by atoms with Crippen molar-refractivity contribution in [1.29, 1.82) is 0 Å². The highest BCUT2D eigenvalue weighted by Crippen LogP contribution is 2.32. The zero-order chi connectivity index (χ0) is 90.0. The largest absolute Gasteiger partial charge is 0.370 e. The first-order valence-corrected chi connectivity index (χ1v) is 40.6. The molecule has 1 aliphatic heterocycles. The Kier molecular flexibility index (Phi) is 98.8. The second-order valence-corrected chi connectivity index (χ2v) is 29.3. The van der Waals surface area contributed by atoms with Gasteiger partial charge in [0.1, 0.15) is 46.3 Å². The number of rotatable bonds is 48. The molecule has 0 aromatic heterocycles. The van der Waals surface area contributed by atoms with Crippen molar-refractivity contribution in [1.82, 2.24) is 63.8 Å². The third-order valence-electron chi connectivity index (χ3n) is 18.4. The smallest absolute Gasteiger partial charge is 0.312 e. The van der Waals surface area contributed by atoms with Crippen LogP contribution in [0, 0.1) is 5.92 Å². The molecule has 0 spiro atoms. The number of amides is 2. The lowest BCUT2D eigenvalue weighted by Crippen LogP contribution is -2.37. The van der Waals surface area contributed by atoms with E-state index in [1.165, 1.54) is 6.42 Å². The van der Waals surface area contributed by atoms with Gasteiger partial charge in [-0.25, -0.2) is 9.79 Å². The number of nitrogens with one attached hydrogen (secondary N) is 12. The summed E-state index contributed by atoms with van der Waals surface area (Å²) in [7, 11) is 17.9. The van der Waals surface area contributed by atoms with Gasteiger partial charge in [0.2, 0.25) is 0 Å². The van der Waals surface area contributed by atoms with Crippen LogP contribution in [0.15, 0.2) is 104 Å². The maximum Gasteiger partial charge on any atom is 0.312 e. The molecule has 4 rings (SSSR count). The molecule has 1 heterocycles. The molecule has 0 saturated carbocycles. The van der Waals surface area contributed by atoms with Crippen LogP contribution in [0.5, 0.6) is 0 Å². The first-order valence-electron chi connectivity index (χ1n) is 40.6. The van der Waals surface area contributed by atoms with Crippen molar-refractivity contribution >= 4 is 81.6 Å². The topological polar surface area (TPSA) is 507 Å². The van der Waals surface area contributed by atoms with Gasteiger partial charge >= 0.3 is 6.03 Å².